The Morgan fingerprint density at radius 2 is 0.982 bits per heavy atom. The van der Waals surface area contributed by atoms with E-state index in [1.54, 1.807) is 0 Å². The summed E-state index contributed by atoms with van der Waals surface area (Å²) in [5, 5.41) is 0. The molecule has 0 aliphatic carbocycles. The molecule has 3 atom stereocenters. The van der Waals surface area contributed by atoms with Gasteiger partial charge in [0.2, 0.25) is 0 Å². The highest BCUT2D eigenvalue weighted by Gasteiger charge is 2.27. The fraction of sp³-hybridized carbons (Fsp3) is 0.667. The molecule has 10 nitrogen and oxygen atoms in total. The zero-order valence-corrected chi connectivity index (χ0v) is 35.9. The molecule has 0 heterocycles. The van der Waals surface area contributed by atoms with Crippen LogP contribution in [0.3, 0.4) is 0 Å². The van der Waals surface area contributed by atoms with Crippen LogP contribution in [0.5, 0.6) is 0 Å². The Kier molecular flexibility index (Phi) is 37.0. The first-order valence-corrected chi connectivity index (χ1v) is 22.7. The van der Waals surface area contributed by atoms with Crippen LogP contribution in [-0.4, -0.2) is 54.6 Å². The number of phosphoric ester groups is 1. The lowest BCUT2D eigenvalue weighted by Gasteiger charge is -2.20. The Morgan fingerprint density at radius 3 is 1.50 bits per heavy atom. The highest BCUT2D eigenvalue weighted by molar-refractivity contribution is 7.47. The molecular weight excluding hydrogens is 729 g/mol. The van der Waals surface area contributed by atoms with Gasteiger partial charge in [0, 0.05) is 12.8 Å². The van der Waals surface area contributed by atoms with Crippen molar-refractivity contribution in [2.45, 2.75) is 174 Å². The molecule has 0 aliphatic rings. The van der Waals surface area contributed by atoms with E-state index < -0.39 is 50.9 Å². The first kappa shape index (κ1) is 53.1. The number of carbonyl (C=O) groups excluding carboxylic acids is 3. The molecule has 3 N–H and O–H groups in total. The number of allylic oxidation sites excluding steroid dienone is 12. The van der Waals surface area contributed by atoms with Crippen LogP contribution in [0, 0.1) is 0 Å². The van der Waals surface area contributed by atoms with Gasteiger partial charge in [0.25, 0.3) is 0 Å². The summed E-state index contributed by atoms with van der Waals surface area (Å²) in [7, 11) is -4.63. The van der Waals surface area contributed by atoms with Gasteiger partial charge < -0.3 is 20.1 Å². The molecule has 0 saturated carbocycles. The van der Waals surface area contributed by atoms with E-state index >= 15 is 0 Å². The average molecular weight is 806 g/mol. The minimum Gasteiger partial charge on any atom is -0.462 e. The molecule has 0 fully saturated rings. The second-order valence-electron chi connectivity index (χ2n) is 14.0. The SMILES string of the molecule is CCCC=CCC=CCC=CCC=CCC=CCCC(=O)OC(COC(=O)CCC=CCCCCCCCCCCCCC)COP(=O)(O)OCC(N)C(C)=O. The van der Waals surface area contributed by atoms with Crippen LogP contribution in [0.2, 0.25) is 0 Å². The Balaban J connectivity index is 4.56. The van der Waals surface area contributed by atoms with Crippen LogP contribution in [0.1, 0.15) is 162 Å². The minimum absolute atomic E-state index is 0.0555. The molecule has 0 aromatic heterocycles. The van der Waals surface area contributed by atoms with Crippen LogP contribution < -0.4 is 5.73 Å². The van der Waals surface area contributed by atoms with E-state index in [1.165, 1.54) is 77.6 Å². The van der Waals surface area contributed by atoms with Crippen molar-refractivity contribution in [2.24, 2.45) is 5.73 Å². The van der Waals surface area contributed by atoms with E-state index in [4.69, 9.17) is 24.3 Å². The van der Waals surface area contributed by atoms with Crippen LogP contribution >= 0.6 is 7.82 Å². The van der Waals surface area contributed by atoms with Crippen LogP contribution in [0.4, 0.5) is 0 Å². The third kappa shape index (κ3) is 38.0. The van der Waals surface area contributed by atoms with Gasteiger partial charge in [0.05, 0.1) is 19.3 Å². The zero-order chi connectivity index (χ0) is 41.4. The monoisotopic (exact) mass is 806 g/mol. The number of hydrogen-bond donors (Lipinski definition) is 2. The summed E-state index contributed by atoms with van der Waals surface area (Å²) in [5.41, 5.74) is 5.57. The van der Waals surface area contributed by atoms with Crippen LogP contribution in [0.15, 0.2) is 72.9 Å². The molecule has 3 unspecified atom stereocenters. The van der Waals surface area contributed by atoms with Gasteiger partial charge in [-0.1, -0.05) is 157 Å². The third-order valence-corrected chi connectivity index (χ3v) is 9.59. The van der Waals surface area contributed by atoms with Gasteiger partial charge in [-0.2, -0.15) is 0 Å². The quantitative estimate of drug-likeness (QED) is 0.0267. The van der Waals surface area contributed by atoms with Crippen molar-refractivity contribution in [3.05, 3.63) is 72.9 Å². The average Bonchev–Trinajstić information content (AvgIpc) is 3.17. The summed E-state index contributed by atoms with van der Waals surface area (Å²) in [6.07, 6.45) is 46.1. The number of phosphoric acid groups is 1. The van der Waals surface area contributed by atoms with Crippen molar-refractivity contribution in [1.82, 2.24) is 0 Å². The first-order valence-electron chi connectivity index (χ1n) is 21.2. The number of ether oxygens (including phenoxy) is 2. The predicted molar refractivity (Wildman–Crippen MR) is 229 cm³/mol. The molecular formula is C45H76NO9P. The summed E-state index contributed by atoms with van der Waals surface area (Å²) in [4.78, 5) is 46.4. The number of carbonyl (C=O) groups is 3. The number of ketones is 1. The Bertz CT molecular complexity index is 1220. The van der Waals surface area contributed by atoms with E-state index in [2.05, 4.69) is 68.5 Å². The molecule has 0 radical (unpaired) electrons. The van der Waals surface area contributed by atoms with Crippen molar-refractivity contribution in [2.75, 3.05) is 19.8 Å². The second kappa shape index (κ2) is 39.0. The van der Waals surface area contributed by atoms with E-state index in [9.17, 15) is 23.8 Å². The highest BCUT2D eigenvalue weighted by Crippen LogP contribution is 2.43. The Morgan fingerprint density at radius 1 is 0.554 bits per heavy atom. The van der Waals surface area contributed by atoms with Gasteiger partial charge in [-0.25, -0.2) is 4.57 Å². The zero-order valence-electron chi connectivity index (χ0n) is 35.0. The fourth-order valence-corrected chi connectivity index (χ4v) is 5.95. The van der Waals surface area contributed by atoms with Gasteiger partial charge in [-0.05, 0) is 64.7 Å². The number of nitrogens with two attached hydrogens (primary N) is 1. The molecule has 0 saturated heterocycles. The Labute approximate surface area is 339 Å². The van der Waals surface area contributed by atoms with E-state index in [1.807, 2.05) is 18.2 Å². The molecule has 11 heteroatoms. The summed E-state index contributed by atoms with van der Waals surface area (Å²) in [6.45, 7) is 4.20. The van der Waals surface area contributed by atoms with Crippen molar-refractivity contribution < 1.29 is 42.4 Å². The van der Waals surface area contributed by atoms with Crippen molar-refractivity contribution >= 4 is 25.5 Å². The predicted octanol–water partition coefficient (Wildman–Crippen LogP) is 11.5. The minimum atomic E-state index is -4.63. The summed E-state index contributed by atoms with van der Waals surface area (Å²) >= 11 is 0. The lowest BCUT2D eigenvalue weighted by atomic mass is 10.1. The Hall–Kier alpha value is -2.88. The number of hydrogen-bond acceptors (Lipinski definition) is 9. The van der Waals surface area contributed by atoms with Crippen LogP contribution in [-0.2, 0) is 37.5 Å². The third-order valence-electron chi connectivity index (χ3n) is 8.64. The smallest absolute Gasteiger partial charge is 0.462 e. The lowest BCUT2D eigenvalue weighted by molar-refractivity contribution is -0.161. The molecule has 56 heavy (non-hydrogen) atoms. The van der Waals surface area contributed by atoms with Crippen molar-refractivity contribution in [1.29, 1.82) is 0 Å². The lowest BCUT2D eigenvalue weighted by Crippen LogP contribution is -2.33. The molecule has 0 spiro atoms. The number of rotatable bonds is 38. The summed E-state index contributed by atoms with van der Waals surface area (Å²) in [6, 6.07) is -1.09. The molecule has 0 aromatic carbocycles. The maximum atomic E-state index is 12.6. The number of unbranched alkanes of at least 4 members (excludes halogenated alkanes) is 12. The molecule has 0 amide bonds. The highest BCUT2D eigenvalue weighted by atomic mass is 31.2. The number of Topliss-reactive ketones (excluding diaryl/α,β-unsaturated/α-hetero) is 1. The van der Waals surface area contributed by atoms with Gasteiger partial charge >= 0.3 is 19.8 Å². The standard InChI is InChI=1S/C45H76NO9P/c1-4-6-8-10-12-14-16-18-20-21-23-25-27-29-31-33-35-37-45(49)55-42(39-53-56(50,51)54-40-43(46)41(3)47)38-52-44(48)36-34-32-30-28-26-24-22-19-17-15-13-11-9-7-5-2/h8,10,14,16,20-21,25,27,30-33,42-43H,4-7,9,11-13,15,17-19,22-24,26,28-29,34-40,46H2,1-3H3,(H,50,51). The molecule has 0 rings (SSSR count). The fourth-order valence-electron chi connectivity index (χ4n) is 5.18. The maximum Gasteiger partial charge on any atom is 0.472 e. The van der Waals surface area contributed by atoms with Crippen LogP contribution in [0.25, 0.3) is 0 Å². The summed E-state index contributed by atoms with van der Waals surface area (Å²) < 4.78 is 32.9. The molecule has 320 valence electrons. The first-order chi connectivity index (χ1) is 27.1. The van der Waals surface area contributed by atoms with E-state index in [0.29, 0.717) is 12.8 Å². The van der Waals surface area contributed by atoms with Gasteiger partial charge in [-0.15, -0.1) is 0 Å². The van der Waals surface area contributed by atoms with Gasteiger partial charge in [-0.3, -0.25) is 23.4 Å². The topological polar surface area (TPSA) is 151 Å². The van der Waals surface area contributed by atoms with Crippen molar-refractivity contribution in [3.8, 4) is 0 Å². The largest absolute Gasteiger partial charge is 0.472 e. The van der Waals surface area contributed by atoms with E-state index in [-0.39, 0.29) is 19.4 Å². The summed E-state index contributed by atoms with van der Waals surface area (Å²) in [5.74, 6) is -1.49. The molecule has 0 bridgehead atoms. The second-order valence-corrected chi connectivity index (χ2v) is 15.5. The normalized spacial score (nSPS) is 14.5. The maximum absolute atomic E-state index is 12.6. The molecule has 0 aliphatic heterocycles. The van der Waals surface area contributed by atoms with E-state index in [0.717, 1.165) is 44.9 Å². The van der Waals surface area contributed by atoms with Crippen molar-refractivity contribution in [3.63, 3.8) is 0 Å². The van der Waals surface area contributed by atoms with Gasteiger partial charge in [0.15, 0.2) is 6.10 Å². The molecule has 0 aromatic rings. The number of esters is 2. The van der Waals surface area contributed by atoms with Gasteiger partial charge in [0.1, 0.15) is 12.4 Å².